The maximum absolute atomic E-state index is 10.1. The number of aliphatic carboxylic acids is 1. The van der Waals surface area contributed by atoms with Gasteiger partial charge in [0, 0.05) is 11.6 Å². The molecule has 0 saturated heterocycles. The summed E-state index contributed by atoms with van der Waals surface area (Å²) in [5.74, 6) is -1.21. The summed E-state index contributed by atoms with van der Waals surface area (Å²) in [5.41, 5.74) is 0.266. The van der Waals surface area contributed by atoms with E-state index in [0.717, 1.165) is 6.08 Å². The van der Waals surface area contributed by atoms with Crippen LogP contribution in [0.1, 0.15) is 5.56 Å². The number of rotatable bonds is 2. The molecule has 0 bridgehead atoms. The van der Waals surface area contributed by atoms with Crippen molar-refractivity contribution in [2.45, 2.75) is 0 Å². The van der Waals surface area contributed by atoms with E-state index in [4.69, 9.17) is 10.2 Å². The third kappa shape index (κ3) is 2.52. The van der Waals surface area contributed by atoms with Crippen molar-refractivity contribution < 1.29 is 20.1 Å². The van der Waals surface area contributed by atoms with E-state index in [9.17, 15) is 9.90 Å². The van der Waals surface area contributed by atoms with Crippen molar-refractivity contribution in [3.05, 3.63) is 29.8 Å². The standard InChI is InChI=1S/C9H8O4/c10-7-2-3-8(11)6(5-7)1-4-9(12)13/h1-5,10-11H,(H,12,13)/b4-1+. The Morgan fingerprint density at radius 2 is 2.00 bits per heavy atom. The summed E-state index contributed by atoms with van der Waals surface area (Å²) in [6, 6.07) is 3.87. The summed E-state index contributed by atoms with van der Waals surface area (Å²) >= 11 is 0. The smallest absolute Gasteiger partial charge is 0.328 e. The van der Waals surface area contributed by atoms with Gasteiger partial charge in [0.25, 0.3) is 0 Å². The number of carboxylic acids is 1. The average molecular weight is 180 g/mol. The highest BCUT2D eigenvalue weighted by Crippen LogP contribution is 2.22. The van der Waals surface area contributed by atoms with Gasteiger partial charge in [-0.2, -0.15) is 0 Å². The Balaban J connectivity index is 3.00. The van der Waals surface area contributed by atoms with Crippen molar-refractivity contribution in [2.75, 3.05) is 0 Å². The third-order valence-corrected chi connectivity index (χ3v) is 1.42. The van der Waals surface area contributed by atoms with E-state index < -0.39 is 5.97 Å². The highest BCUT2D eigenvalue weighted by atomic mass is 16.4. The summed E-state index contributed by atoms with van der Waals surface area (Å²) in [6.45, 7) is 0. The lowest BCUT2D eigenvalue weighted by atomic mass is 10.2. The first-order valence-corrected chi connectivity index (χ1v) is 3.52. The van der Waals surface area contributed by atoms with Gasteiger partial charge in [-0.1, -0.05) is 0 Å². The number of aromatic hydroxyl groups is 2. The fourth-order valence-electron chi connectivity index (χ4n) is 0.836. The van der Waals surface area contributed by atoms with Crippen LogP contribution < -0.4 is 0 Å². The lowest BCUT2D eigenvalue weighted by Gasteiger charge is -1.98. The van der Waals surface area contributed by atoms with Crippen LogP contribution >= 0.6 is 0 Å². The van der Waals surface area contributed by atoms with Crippen LogP contribution in [-0.2, 0) is 4.79 Å². The molecule has 0 radical (unpaired) electrons. The van der Waals surface area contributed by atoms with Gasteiger partial charge in [0.1, 0.15) is 11.5 Å². The molecule has 1 rings (SSSR count). The Labute approximate surface area is 74.4 Å². The van der Waals surface area contributed by atoms with E-state index in [1.54, 1.807) is 0 Å². The molecule has 3 N–H and O–H groups in total. The number of phenolic OH excluding ortho intramolecular Hbond substituents is 2. The Morgan fingerprint density at radius 1 is 1.31 bits per heavy atom. The van der Waals surface area contributed by atoms with E-state index in [0.29, 0.717) is 0 Å². The molecule has 0 aliphatic carbocycles. The van der Waals surface area contributed by atoms with Crippen LogP contribution in [-0.4, -0.2) is 21.3 Å². The Morgan fingerprint density at radius 3 is 2.62 bits per heavy atom. The number of hydrogen-bond acceptors (Lipinski definition) is 3. The predicted molar refractivity (Wildman–Crippen MR) is 46.4 cm³/mol. The Bertz CT molecular complexity index is 355. The third-order valence-electron chi connectivity index (χ3n) is 1.42. The monoisotopic (exact) mass is 180 g/mol. The van der Waals surface area contributed by atoms with Gasteiger partial charge >= 0.3 is 5.97 Å². The maximum atomic E-state index is 10.1. The Hall–Kier alpha value is -1.97. The molecule has 0 unspecified atom stereocenters. The molecule has 0 aromatic heterocycles. The fourth-order valence-corrected chi connectivity index (χ4v) is 0.836. The highest BCUT2D eigenvalue weighted by molar-refractivity contribution is 5.85. The van der Waals surface area contributed by atoms with Crippen LogP contribution in [0.2, 0.25) is 0 Å². The van der Waals surface area contributed by atoms with Gasteiger partial charge in [0.05, 0.1) is 0 Å². The molecular formula is C9H8O4. The van der Waals surface area contributed by atoms with Crippen LogP contribution in [0.4, 0.5) is 0 Å². The van der Waals surface area contributed by atoms with Crippen molar-refractivity contribution in [1.29, 1.82) is 0 Å². The second-order valence-corrected chi connectivity index (χ2v) is 2.41. The molecule has 68 valence electrons. The summed E-state index contributed by atoms with van der Waals surface area (Å²) in [4.78, 5) is 10.1. The van der Waals surface area contributed by atoms with Gasteiger partial charge < -0.3 is 15.3 Å². The van der Waals surface area contributed by atoms with Crippen LogP contribution in [0.25, 0.3) is 6.08 Å². The average Bonchev–Trinajstić information content (AvgIpc) is 2.06. The van der Waals surface area contributed by atoms with Crippen LogP contribution in [0.15, 0.2) is 24.3 Å². The molecule has 1 aromatic carbocycles. The summed E-state index contributed by atoms with van der Waals surface area (Å²) < 4.78 is 0. The topological polar surface area (TPSA) is 77.8 Å². The van der Waals surface area contributed by atoms with Crippen LogP contribution in [0.5, 0.6) is 11.5 Å². The molecule has 0 amide bonds. The van der Waals surface area contributed by atoms with E-state index in [1.807, 2.05) is 0 Å². The normalized spacial score (nSPS) is 10.5. The van der Waals surface area contributed by atoms with Gasteiger partial charge in [0.15, 0.2) is 0 Å². The zero-order valence-electron chi connectivity index (χ0n) is 6.64. The number of carboxylic acid groups (broad SMARTS) is 1. The Kier molecular flexibility index (Phi) is 2.54. The van der Waals surface area contributed by atoms with E-state index >= 15 is 0 Å². The van der Waals surface area contributed by atoms with E-state index in [1.165, 1.54) is 24.3 Å². The number of hydrogen-bond donors (Lipinski definition) is 3. The molecule has 0 aliphatic rings. The van der Waals surface area contributed by atoms with Crippen molar-refractivity contribution >= 4 is 12.0 Å². The second-order valence-electron chi connectivity index (χ2n) is 2.41. The minimum Gasteiger partial charge on any atom is -0.508 e. The van der Waals surface area contributed by atoms with E-state index in [2.05, 4.69) is 0 Å². The zero-order chi connectivity index (χ0) is 9.84. The van der Waals surface area contributed by atoms with Crippen LogP contribution in [0.3, 0.4) is 0 Å². The maximum Gasteiger partial charge on any atom is 0.328 e. The summed E-state index contributed by atoms with van der Waals surface area (Å²) in [5, 5.41) is 26.5. The van der Waals surface area contributed by atoms with E-state index in [-0.39, 0.29) is 17.1 Å². The molecular weight excluding hydrogens is 172 g/mol. The molecule has 0 spiro atoms. The zero-order valence-corrected chi connectivity index (χ0v) is 6.64. The van der Waals surface area contributed by atoms with Crippen molar-refractivity contribution in [1.82, 2.24) is 0 Å². The molecule has 0 heterocycles. The quantitative estimate of drug-likeness (QED) is 0.472. The molecule has 0 fully saturated rings. The molecule has 4 nitrogen and oxygen atoms in total. The van der Waals surface area contributed by atoms with Gasteiger partial charge in [-0.05, 0) is 24.3 Å². The minimum atomic E-state index is -1.11. The number of carbonyl (C=O) groups is 1. The lowest BCUT2D eigenvalue weighted by molar-refractivity contribution is -0.131. The fraction of sp³-hybridized carbons (Fsp3) is 0. The molecule has 0 aliphatic heterocycles. The molecule has 13 heavy (non-hydrogen) atoms. The number of benzene rings is 1. The van der Waals surface area contributed by atoms with Crippen molar-refractivity contribution in [3.63, 3.8) is 0 Å². The van der Waals surface area contributed by atoms with Crippen LogP contribution in [0, 0.1) is 0 Å². The second kappa shape index (κ2) is 3.62. The van der Waals surface area contributed by atoms with Crippen molar-refractivity contribution in [2.24, 2.45) is 0 Å². The van der Waals surface area contributed by atoms with Gasteiger partial charge in [0.2, 0.25) is 0 Å². The summed E-state index contributed by atoms with van der Waals surface area (Å²) in [6.07, 6.45) is 2.09. The van der Waals surface area contributed by atoms with Crippen molar-refractivity contribution in [3.8, 4) is 11.5 Å². The highest BCUT2D eigenvalue weighted by Gasteiger charge is 1.98. The molecule has 4 heteroatoms. The summed E-state index contributed by atoms with van der Waals surface area (Å²) in [7, 11) is 0. The van der Waals surface area contributed by atoms with Gasteiger partial charge in [-0.15, -0.1) is 0 Å². The molecule has 0 atom stereocenters. The lowest BCUT2D eigenvalue weighted by Crippen LogP contribution is -1.85. The minimum absolute atomic E-state index is 0.0251. The first kappa shape index (κ1) is 9.12. The predicted octanol–water partition coefficient (Wildman–Crippen LogP) is 1.20. The first-order chi connectivity index (χ1) is 6.09. The molecule has 0 saturated carbocycles. The van der Waals surface area contributed by atoms with Gasteiger partial charge in [-0.3, -0.25) is 0 Å². The SMILES string of the molecule is O=C(O)/C=C/c1cc(O)ccc1O. The first-order valence-electron chi connectivity index (χ1n) is 3.52. The largest absolute Gasteiger partial charge is 0.508 e. The van der Waals surface area contributed by atoms with Gasteiger partial charge in [-0.25, -0.2) is 4.79 Å². The number of phenols is 2. The molecule has 1 aromatic rings.